The quantitative estimate of drug-likeness (QED) is 0.510. The van der Waals surface area contributed by atoms with E-state index in [1.165, 1.54) is 22.3 Å². The third kappa shape index (κ3) is 2.45. The molecule has 3 heteroatoms. The van der Waals surface area contributed by atoms with Crippen molar-refractivity contribution in [1.29, 1.82) is 0 Å². The third-order valence-corrected chi connectivity index (χ3v) is 4.75. The summed E-state index contributed by atoms with van der Waals surface area (Å²) in [5.74, 6) is 0. The highest BCUT2D eigenvalue weighted by atomic mass is 35.5. The van der Waals surface area contributed by atoms with Crippen molar-refractivity contribution in [3.8, 4) is 11.1 Å². The van der Waals surface area contributed by atoms with Crippen LogP contribution in [0.5, 0.6) is 0 Å². The molecule has 2 N–H and O–H groups in total. The first-order valence-electron chi connectivity index (χ1n) is 7.63. The summed E-state index contributed by atoms with van der Waals surface area (Å²) >= 11 is 5.98. The average Bonchev–Trinajstić information content (AvgIpc) is 2.91. The van der Waals surface area contributed by atoms with Gasteiger partial charge in [0.1, 0.15) is 0 Å². The highest BCUT2D eigenvalue weighted by Gasteiger charge is 2.19. The lowest BCUT2D eigenvalue weighted by molar-refractivity contribution is 1.20. The molecule has 0 saturated heterocycles. The van der Waals surface area contributed by atoms with Gasteiger partial charge in [0.2, 0.25) is 0 Å². The van der Waals surface area contributed by atoms with Gasteiger partial charge in [0.05, 0.1) is 0 Å². The fraction of sp³-hybridized carbons (Fsp3) is 0.100. The lowest BCUT2D eigenvalue weighted by Gasteiger charge is -2.20. The van der Waals surface area contributed by atoms with Crippen LogP contribution in [0.2, 0.25) is 5.02 Å². The summed E-state index contributed by atoms with van der Waals surface area (Å²) in [6.07, 6.45) is 0.959. The molecule has 0 unspecified atom stereocenters. The number of fused-ring (bicyclic) bond motifs is 3. The molecular formula is C20H17ClN2. The van der Waals surface area contributed by atoms with Crippen LogP contribution in [0.25, 0.3) is 11.1 Å². The van der Waals surface area contributed by atoms with E-state index in [0.29, 0.717) is 0 Å². The van der Waals surface area contributed by atoms with Crippen molar-refractivity contribution in [3.05, 3.63) is 76.8 Å². The fourth-order valence-electron chi connectivity index (χ4n) is 3.22. The molecule has 1 aliphatic rings. The molecule has 0 heterocycles. The number of hydrogen-bond acceptors (Lipinski definition) is 2. The molecule has 23 heavy (non-hydrogen) atoms. The zero-order valence-electron chi connectivity index (χ0n) is 12.9. The molecule has 0 aliphatic heterocycles. The van der Waals surface area contributed by atoms with Gasteiger partial charge in [-0.2, -0.15) is 0 Å². The Morgan fingerprint density at radius 1 is 0.826 bits per heavy atom. The van der Waals surface area contributed by atoms with Crippen molar-refractivity contribution >= 4 is 28.7 Å². The highest BCUT2D eigenvalue weighted by Crippen LogP contribution is 2.40. The molecule has 0 atom stereocenters. The Hall–Kier alpha value is -2.45. The second-order valence-corrected chi connectivity index (χ2v) is 6.41. The van der Waals surface area contributed by atoms with E-state index in [1.54, 1.807) is 0 Å². The van der Waals surface area contributed by atoms with Crippen LogP contribution in [0.15, 0.2) is 60.7 Å². The summed E-state index contributed by atoms with van der Waals surface area (Å²) in [7, 11) is 2.07. The maximum Gasteiger partial charge on any atom is 0.0414 e. The van der Waals surface area contributed by atoms with Gasteiger partial charge in [0.15, 0.2) is 0 Å². The van der Waals surface area contributed by atoms with Crippen LogP contribution in [0.1, 0.15) is 11.1 Å². The molecule has 0 fully saturated rings. The standard InChI is InChI=1S/C20H17ClN2/c1-23(17-7-3-15(21)4-8-17)18-6-2-13-10-14-11-16(22)5-9-19(14)20(13)12-18/h2-9,11-12H,10,22H2,1H3. The van der Waals surface area contributed by atoms with Gasteiger partial charge in [-0.15, -0.1) is 0 Å². The molecule has 1 aliphatic carbocycles. The Morgan fingerprint density at radius 2 is 1.57 bits per heavy atom. The molecule has 114 valence electrons. The average molecular weight is 321 g/mol. The monoisotopic (exact) mass is 320 g/mol. The Balaban J connectivity index is 1.74. The second-order valence-electron chi connectivity index (χ2n) is 5.97. The first kappa shape index (κ1) is 14.2. The Kier molecular flexibility index (Phi) is 3.28. The van der Waals surface area contributed by atoms with Gasteiger partial charge < -0.3 is 10.6 Å². The number of nitrogens with zero attached hydrogens (tertiary/aromatic N) is 1. The maximum atomic E-state index is 5.98. The van der Waals surface area contributed by atoms with Crippen molar-refractivity contribution in [2.75, 3.05) is 17.7 Å². The molecule has 3 aromatic carbocycles. The first-order chi connectivity index (χ1) is 11.1. The third-order valence-electron chi connectivity index (χ3n) is 4.50. The number of hydrogen-bond donors (Lipinski definition) is 1. The Morgan fingerprint density at radius 3 is 2.35 bits per heavy atom. The number of nitrogen functional groups attached to an aromatic ring is 1. The molecule has 3 aromatic rings. The molecule has 0 saturated carbocycles. The molecule has 0 amide bonds. The minimum atomic E-state index is 0.752. The second kappa shape index (κ2) is 5.32. The van der Waals surface area contributed by atoms with Crippen molar-refractivity contribution in [1.82, 2.24) is 0 Å². The molecule has 2 nitrogen and oxygen atoms in total. The van der Waals surface area contributed by atoms with E-state index in [1.807, 2.05) is 30.3 Å². The van der Waals surface area contributed by atoms with Crippen molar-refractivity contribution < 1.29 is 0 Å². The summed E-state index contributed by atoms with van der Waals surface area (Å²) in [5, 5.41) is 0.752. The largest absolute Gasteiger partial charge is 0.399 e. The molecule has 4 rings (SSSR count). The highest BCUT2D eigenvalue weighted by molar-refractivity contribution is 6.30. The first-order valence-corrected chi connectivity index (χ1v) is 8.00. The van der Waals surface area contributed by atoms with E-state index in [2.05, 4.69) is 42.3 Å². The minimum Gasteiger partial charge on any atom is -0.399 e. The van der Waals surface area contributed by atoms with Crippen molar-refractivity contribution in [2.45, 2.75) is 6.42 Å². The molecule has 0 radical (unpaired) electrons. The Bertz CT molecular complexity index is 885. The summed E-state index contributed by atoms with van der Waals surface area (Å²) in [5.41, 5.74) is 14.3. The lowest BCUT2D eigenvalue weighted by atomic mass is 10.0. The minimum absolute atomic E-state index is 0.752. The summed E-state index contributed by atoms with van der Waals surface area (Å²) in [6.45, 7) is 0. The predicted molar refractivity (Wildman–Crippen MR) is 98.6 cm³/mol. The summed E-state index contributed by atoms with van der Waals surface area (Å²) in [6, 6.07) is 20.7. The van der Waals surface area contributed by atoms with E-state index < -0.39 is 0 Å². The maximum absolute atomic E-state index is 5.98. The van der Waals surface area contributed by atoms with Crippen LogP contribution in [0.3, 0.4) is 0 Å². The van der Waals surface area contributed by atoms with Gasteiger partial charge >= 0.3 is 0 Å². The predicted octanol–water partition coefficient (Wildman–Crippen LogP) is 5.26. The molecular weight excluding hydrogens is 304 g/mol. The van der Waals surface area contributed by atoms with Gasteiger partial charge in [-0.3, -0.25) is 0 Å². The van der Waals surface area contributed by atoms with E-state index >= 15 is 0 Å². The number of benzene rings is 3. The normalized spacial score (nSPS) is 11.9. The zero-order valence-corrected chi connectivity index (χ0v) is 13.6. The van der Waals surface area contributed by atoms with Gasteiger partial charge in [0.25, 0.3) is 0 Å². The van der Waals surface area contributed by atoms with E-state index in [4.69, 9.17) is 17.3 Å². The van der Waals surface area contributed by atoms with Gasteiger partial charge in [-0.05, 0) is 77.2 Å². The Labute approximate surface area is 141 Å². The van der Waals surface area contributed by atoms with Crippen molar-refractivity contribution in [3.63, 3.8) is 0 Å². The summed E-state index contributed by atoms with van der Waals surface area (Å²) in [4.78, 5) is 2.17. The van der Waals surface area contributed by atoms with Crippen LogP contribution in [0, 0.1) is 0 Å². The van der Waals surface area contributed by atoms with Crippen LogP contribution >= 0.6 is 11.6 Å². The van der Waals surface area contributed by atoms with Crippen LogP contribution in [0.4, 0.5) is 17.1 Å². The number of halogens is 1. The van der Waals surface area contributed by atoms with Gasteiger partial charge in [-0.25, -0.2) is 0 Å². The topological polar surface area (TPSA) is 29.3 Å². The number of nitrogens with two attached hydrogens (primary N) is 1. The molecule has 0 spiro atoms. The lowest BCUT2D eigenvalue weighted by Crippen LogP contribution is -2.09. The number of anilines is 3. The van der Waals surface area contributed by atoms with E-state index in [0.717, 1.165) is 28.5 Å². The SMILES string of the molecule is CN(c1ccc(Cl)cc1)c1ccc2c(c1)-c1ccc(N)cc1C2. The van der Waals surface area contributed by atoms with E-state index in [9.17, 15) is 0 Å². The van der Waals surface area contributed by atoms with Gasteiger partial charge in [0, 0.05) is 29.1 Å². The summed E-state index contributed by atoms with van der Waals surface area (Å²) < 4.78 is 0. The zero-order chi connectivity index (χ0) is 16.0. The van der Waals surface area contributed by atoms with E-state index in [-0.39, 0.29) is 0 Å². The smallest absolute Gasteiger partial charge is 0.0414 e. The van der Waals surface area contributed by atoms with Crippen LogP contribution in [-0.4, -0.2) is 7.05 Å². The van der Waals surface area contributed by atoms with Crippen LogP contribution in [-0.2, 0) is 6.42 Å². The van der Waals surface area contributed by atoms with Gasteiger partial charge in [-0.1, -0.05) is 23.7 Å². The number of rotatable bonds is 2. The van der Waals surface area contributed by atoms with Crippen molar-refractivity contribution in [2.24, 2.45) is 0 Å². The molecule has 0 bridgehead atoms. The molecule has 0 aromatic heterocycles. The fourth-order valence-corrected chi connectivity index (χ4v) is 3.35. The van der Waals surface area contributed by atoms with Crippen LogP contribution < -0.4 is 10.6 Å².